The van der Waals surface area contributed by atoms with Crippen molar-refractivity contribution in [3.63, 3.8) is 0 Å². The van der Waals surface area contributed by atoms with Gasteiger partial charge in [-0.15, -0.1) is 0 Å². The van der Waals surface area contributed by atoms with Crippen LogP contribution in [0.15, 0.2) is 24.3 Å². The van der Waals surface area contributed by atoms with E-state index >= 15 is 0 Å². The molecule has 0 amide bonds. The Balaban J connectivity index is 2.69. The Labute approximate surface area is 59.5 Å². The molecule has 3 nitrogen and oxygen atoms in total. The second kappa shape index (κ2) is 2.54. The van der Waals surface area contributed by atoms with Gasteiger partial charge in [-0.25, -0.2) is 0 Å². The van der Waals surface area contributed by atoms with Crippen LogP contribution in [0.1, 0.15) is 0 Å². The minimum absolute atomic E-state index is 0.132. The van der Waals surface area contributed by atoms with Crippen molar-refractivity contribution in [2.45, 2.75) is 11.6 Å². The molecule has 0 aromatic carbocycles. The molecule has 0 aliphatic heterocycles. The van der Waals surface area contributed by atoms with E-state index in [0.29, 0.717) is 0 Å². The third-order valence-corrected chi connectivity index (χ3v) is 1.48. The van der Waals surface area contributed by atoms with Crippen molar-refractivity contribution < 1.29 is 10.2 Å². The van der Waals surface area contributed by atoms with Crippen LogP contribution >= 0.6 is 0 Å². The van der Waals surface area contributed by atoms with E-state index in [1.54, 1.807) is 24.3 Å². The first kappa shape index (κ1) is 7.47. The summed E-state index contributed by atoms with van der Waals surface area (Å²) >= 11 is 0. The molecule has 10 heavy (non-hydrogen) atoms. The van der Waals surface area contributed by atoms with Gasteiger partial charge in [-0.1, -0.05) is 24.3 Å². The zero-order valence-electron chi connectivity index (χ0n) is 5.57. The Morgan fingerprint density at radius 2 is 1.90 bits per heavy atom. The van der Waals surface area contributed by atoms with Crippen LogP contribution in [0.5, 0.6) is 0 Å². The maximum absolute atomic E-state index is 8.93. The van der Waals surface area contributed by atoms with E-state index in [1.165, 1.54) is 0 Å². The van der Waals surface area contributed by atoms with Gasteiger partial charge in [0.15, 0.2) is 0 Å². The average molecular weight is 141 g/mol. The summed E-state index contributed by atoms with van der Waals surface area (Å²) in [6.45, 7) is -0.132. The highest BCUT2D eigenvalue weighted by Crippen LogP contribution is 2.10. The van der Waals surface area contributed by atoms with Gasteiger partial charge in [-0.2, -0.15) is 0 Å². The number of hydrogen-bond acceptors (Lipinski definition) is 3. The van der Waals surface area contributed by atoms with Crippen molar-refractivity contribution in [2.75, 3.05) is 6.61 Å². The molecule has 0 spiro atoms. The predicted octanol–water partition coefficient (Wildman–Crippen LogP) is -0.837. The molecule has 0 atom stereocenters. The lowest BCUT2D eigenvalue weighted by atomic mass is 9.95. The summed E-state index contributed by atoms with van der Waals surface area (Å²) in [4.78, 5) is 0. The Morgan fingerprint density at radius 3 is 2.30 bits per heavy atom. The van der Waals surface area contributed by atoms with Crippen molar-refractivity contribution in [3.05, 3.63) is 24.3 Å². The lowest BCUT2D eigenvalue weighted by Crippen LogP contribution is -2.41. The van der Waals surface area contributed by atoms with Gasteiger partial charge in [-0.05, 0) is 0 Å². The lowest BCUT2D eigenvalue weighted by Gasteiger charge is -2.22. The molecule has 1 aliphatic carbocycles. The highest BCUT2D eigenvalue weighted by Gasteiger charge is 2.19. The predicted molar refractivity (Wildman–Crippen MR) is 38.3 cm³/mol. The van der Waals surface area contributed by atoms with Gasteiger partial charge in [0.1, 0.15) is 0 Å². The molecular formula is C7H11NO2. The van der Waals surface area contributed by atoms with Crippen LogP contribution in [-0.2, 0) is 0 Å². The molecule has 0 unspecified atom stereocenters. The zero-order chi connectivity index (χ0) is 7.61. The van der Waals surface area contributed by atoms with E-state index < -0.39 is 11.6 Å². The maximum atomic E-state index is 8.93. The summed E-state index contributed by atoms with van der Waals surface area (Å²) in [7, 11) is 0. The molecule has 3 heteroatoms. The Bertz CT molecular complexity index is 160. The molecule has 0 saturated heterocycles. The van der Waals surface area contributed by atoms with Gasteiger partial charge in [-0.3, -0.25) is 0 Å². The molecule has 4 N–H and O–H groups in total. The standard InChI is InChI=1S/C7H11NO2/c8-7(5-9)3-1-6(10)2-4-7/h1-4,6,9-10H,5,8H2. The first-order chi connectivity index (χ1) is 4.66. The maximum Gasteiger partial charge on any atom is 0.0904 e. The summed E-state index contributed by atoms with van der Waals surface area (Å²) < 4.78 is 0. The summed E-state index contributed by atoms with van der Waals surface area (Å²) in [6.07, 6.45) is 5.74. The first-order valence-corrected chi connectivity index (χ1v) is 3.13. The molecule has 0 bridgehead atoms. The van der Waals surface area contributed by atoms with Gasteiger partial charge in [0, 0.05) is 0 Å². The Morgan fingerprint density at radius 1 is 1.40 bits per heavy atom. The quantitative estimate of drug-likeness (QED) is 0.417. The van der Waals surface area contributed by atoms with Crippen molar-refractivity contribution >= 4 is 0 Å². The van der Waals surface area contributed by atoms with E-state index in [2.05, 4.69) is 0 Å². The SMILES string of the molecule is NC1(CO)C=CC(O)C=C1. The molecule has 0 fully saturated rings. The second-order valence-corrected chi connectivity index (χ2v) is 2.48. The van der Waals surface area contributed by atoms with Gasteiger partial charge in [0.05, 0.1) is 18.2 Å². The van der Waals surface area contributed by atoms with Crippen LogP contribution in [0.2, 0.25) is 0 Å². The minimum Gasteiger partial charge on any atom is -0.394 e. The van der Waals surface area contributed by atoms with Crippen LogP contribution in [0.25, 0.3) is 0 Å². The number of aliphatic hydroxyl groups excluding tert-OH is 2. The van der Waals surface area contributed by atoms with E-state index in [9.17, 15) is 0 Å². The minimum atomic E-state index is -0.765. The van der Waals surface area contributed by atoms with Gasteiger partial charge in [0.25, 0.3) is 0 Å². The van der Waals surface area contributed by atoms with Gasteiger partial charge < -0.3 is 15.9 Å². The second-order valence-electron chi connectivity index (χ2n) is 2.48. The summed E-state index contributed by atoms with van der Waals surface area (Å²) in [5, 5.41) is 17.7. The van der Waals surface area contributed by atoms with Crippen LogP contribution in [0, 0.1) is 0 Å². The normalized spacial score (nSPS) is 38.5. The van der Waals surface area contributed by atoms with Crippen molar-refractivity contribution in [1.29, 1.82) is 0 Å². The first-order valence-electron chi connectivity index (χ1n) is 3.13. The van der Waals surface area contributed by atoms with Crippen LogP contribution in [0.3, 0.4) is 0 Å². The molecule has 56 valence electrons. The van der Waals surface area contributed by atoms with Crippen molar-refractivity contribution in [2.24, 2.45) is 5.73 Å². The van der Waals surface area contributed by atoms with Crippen molar-refractivity contribution in [3.8, 4) is 0 Å². The fourth-order valence-electron chi connectivity index (χ4n) is 0.781. The number of aliphatic hydroxyl groups is 2. The zero-order valence-corrected chi connectivity index (χ0v) is 5.57. The molecule has 1 aliphatic rings. The Kier molecular flexibility index (Phi) is 1.89. The van der Waals surface area contributed by atoms with Crippen molar-refractivity contribution in [1.82, 2.24) is 0 Å². The van der Waals surface area contributed by atoms with E-state index in [-0.39, 0.29) is 6.61 Å². The topological polar surface area (TPSA) is 66.5 Å². The molecule has 0 saturated carbocycles. The average Bonchev–Trinajstić information content (AvgIpc) is 1.96. The third kappa shape index (κ3) is 1.44. The number of hydrogen-bond donors (Lipinski definition) is 3. The third-order valence-electron chi connectivity index (χ3n) is 1.48. The molecule has 0 radical (unpaired) electrons. The number of nitrogens with two attached hydrogens (primary N) is 1. The number of rotatable bonds is 1. The van der Waals surface area contributed by atoms with Crippen LogP contribution < -0.4 is 5.73 Å². The smallest absolute Gasteiger partial charge is 0.0904 e. The highest BCUT2D eigenvalue weighted by molar-refractivity contribution is 5.25. The fraction of sp³-hybridized carbons (Fsp3) is 0.429. The monoisotopic (exact) mass is 141 g/mol. The lowest BCUT2D eigenvalue weighted by molar-refractivity contribution is 0.238. The largest absolute Gasteiger partial charge is 0.394 e. The highest BCUT2D eigenvalue weighted by atomic mass is 16.3. The van der Waals surface area contributed by atoms with Gasteiger partial charge in [0.2, 0.25) is 0 Å². The van der Waals surface area contributed by atoms with Gasteiger partial charge >= 0.3 is 0 Å². The molecule has 0 aromatic rings. The molecule has 1 rings (SSSR count). The Hall–Kier alpha value is -0.640. The fourth-order valence-corrected chi connectivity index (χ4v) is 0.781. The molecule has 0 heterocycles. The van der Waals surface area contributed by atoms with E-state index in [4.69, 9.17) is 15.9 Å². The van der Waals surface area contributed by atoms with E-state index in [0.717, 1.165) is 0 Å². The van der Waals surface area contributed by atoms with Crippen LogP contribution in [0.4, 0.5) is 0 Å². The summed E-state index contributed by atoms with van der Waals surface area (Å²) in [5.74, 6) is 0. The van der Waals surface area contributed by atoms with Crippen LogP contribution in [-0.4, -0.2) is 28.5 Å². The summed E-state index contributed by atoms with van der Waals surface area (Å²) in [5.41, 5.74) is 4.82. The van der Waals surface area contributed by atoms with E-state index in [1.807, 2.05) is 0 Å². The molecular weight excluding hydrogens is 130 g/mol. The summed E-state index contributed by atoms with van der Waals surface area (Å²) in [6, 6.07) is 0. The molecule has 0 aromatic heterocycles.